The van der Waals surface area contributed by atoms with Gasteiger partial charge in [-0.05, 0) is 17.7 Å². The van der Waals surface area contributed by atoms with E-state index in [4.69, 9.17) is 10.5 Å². The van der Waals surface area contributed by atoms with E-state index in [9.17, 15) is 4.79 Å². The summed E-state index contributed by atoms with van der Waals surface area (Å²) < 4.78 is 5.53. The van der Waals surface area contributed by atoms with Crippen molar-refractivity contribution in [3.8, 4) is 5.06 Å². The lowest BCUT2D eigenvalue weighted by molar-refractivity contribution is 0.100. The van der Waals surface area contributed by atoms with Gasteiger partial charge in [-0.15, -0.1) is 0 Å². The number of hydrogen-bond donors (Lipinski definition) is 1. The molecular formula is C12H11NO2S. The van der Waals surface area contributed by atoms with Crippen LogP contribution < -0.4 is 10.5 Å². The van der Waals surface area contributed by atoms with E-state index in [-0.39, 0.29) is 0 Å². The summed E-state index contributed by atoms with van der Waals surface area (Å²) in [5.41, 5.74) is 6.24. The summed E-state index contributed by atoms with van der Waals surface area (Å²) in [5, 5.41) is 0.706. The Labute approximate surface area is 97.5 Å². The zero-order valence-electron chi connectivity index (χ0n) is 8.55. The number of carbonyl (C=O) groups excluding carboxylic acids is 1. The number of thiophene rings is 1. The van der Waals surface area contributed by atoms with E-state index in [1.54, 1.807) is 12.1 Å². The molecule has 0 aliphatic carbocycles. The van der Waals surface area contributed by atoms with Crippen molar-refractivity contribution in [1.29, 1.82) is 0 Å². The van der Waals surface area contributed by atoms with Crippen LogP contribution in [0.25, 0.3) is 0 Å². The molecule has 0 unspecified atom stereocenters. The average Bonchev–Trinajstić information content (AvgIpc) is 2.76. The molecule has 0 radical (unpaired) electrons. The van der Waals surface area contributed by atoms with Gasteiger partial charge in [0.15, 0.2) is 5.06 Å². The molecule has 0 aliphatic rings. The summed E-state index contributed by atoms with van der Waals surface area (Å²) in [6.45, 7) is 0.500. The zero-order valence-corrected chi connectivity index (χ0v) is 9.37. The SMILES string of the molecule is NC(=O)c1ccc(OCc2ccccc2)s1. The number of nitrogens with two attached hydrogens (primary N) is 1. The minimum absolute atomic E-state index is 0.417. The highest BCUT2D eigenvalue weighted by Crippen LogP contribution is 2.24. The number of benzene rings is 1. The normalized spacial score (nSPS) is 10.0. The van der Waals surface area contributed by atoms with Crippen LogP contribution in [0.15, 0.2) is 42.5 Å². The first-order valence-corrected chi connectivity index (χ1v) is 5.64. The Morgan fingerprint density at radius 2 is 1.94 bits per heavy atom. The molecule has 0 aliphatic heterocycles. The molecule has 0 bridgehead atoms. The second kappa shape index (κ2) is 4.81. The maximum absolute atomic E-state index is 10.9. The lowest BCUT2D eigenvalue weighted by Crippen LogP contribution is -2.08. The Balaban J connectivity index is 1.97. The van der Waals surface area contributed by atoms with Crippen molar-refractivity contribution in [1.82, 2.24) is 0 Å². The maximum atomic E-state index is 10.9. The number of amides is 1. The standard InChI is InChI=1S/C12H11NO2S/c13-12(14)10-6-7-11(16-10)15-8-9-4-2-1-3-5-9/h1-7H,8H2,(H2,13,14). The predicted octanol–water partition coefficient (Wildman–Crippen LogP) is 2.43. The fourth-order valence-corrected chi connectivity index (χ4v) is 1.97. The van der Waals surface area contributed by atoms with Gasteiger partial charge in [0, 0.05) is 0 Å². The van der Waals surface area contributed by atoms with Crippen LogP contribution in [0.4, 0.5) is 0 Å². The maximum Gasteiger partial charge on any atom is 0.258 e. The molecule has 0 saturated carbocycles. The molecule has 0 atom stereocenters. The van der Waals surface area contributed by atoms with Crippen molar-refractivity contribution in [2.24, 2.45) is 5.73 Å². The van der Waals surface area contributed by atoms with Crippen LogP contribution in [0.5, 0.6) is 5.06 Å². The third-order valence-electron chi connectivity index (χ3n) is 2.05. The lowest BCUT2D eigenvalue weighted by atomic mass is 10.2. The van der Waals surface area contributed by atoms with Gasteiger partial charge in [-0.3, -0.25) is 4.79 Å². The van der Waals surface area contributed by atoms with Crippen LogP contribution in [0, 0.1) is 0 Å². The second-order valence-corrected chi connectivity index (χ2v) is 4.30. The summed E-state index contributed by atoms with van der Waals surface area (Å²) in [4.78, 5) is 11.4. The molecule has 1 heterocycles. The molecule has 2 N–H and O–H groups in total. The molecule has 82 valence electrons. The van der Waals surface area contributed by atoms with E-state index in [0.29, 0.717) is 16.5 Å². The third-order valence-corrected chi connectivity index (χ3v) is 3.06. The van der Waals surface area contributed by atoms with Crippen molar-refractivity contribution in [2.75, 3.05) is 0 Å². The molecule has 4 heteroatoms. The largest absolute Gasteiger partial charge is 0.479 e. The first kappa shape index (κ1) is 10.7. The highest BCUT2D eigenvalue weighted by molar-refractivity contribution is 7.15. The van der Waals surface area contributed by atoms with Crippen LogP contribution in [-0.2, 0) is 6.61 Å². The number of primary amides is 1. The van der Waals surface area contributed by atoms with E-state index >= 15 is 0 Å². The monoisotopic (exact) mass is 233 g/mol. The molecule has 16 heavy (non-hydrogen) atoms. The van der Waals surface area contributed by atoms with E-state index in [2.05, 4.69) is 0 Å². The molecule has 2 rings (SSSR count). The van der Waals surface area contributed by atoms with E-state index < -0.39 is 5.91 Å². The van der Waals surface area contributed by atoms with Crippen LogP contribution in [0.3, 0.4) is 0 Å². The van der Waals surface area contributed by atoms with Crippen molar-refractivity contribution in [3.63, 3.8) is 0 Å². The molecule has 2 aromatic rings. The smallest absolute Gasteiger partial charge is 0.258 e. The quantitative estimate of drug-likeness (QED) is 0.881. The molecular weight excluding hydrogens is 222 g/mol. The highest BCUT2D eigenvalue weighted by atomic mass is 32.1. The molecule has 1 amide bonds. The first-order chi connectivity index (χ1) is 7.75. The van der Waals surface area contributed by atoms with Gasteiger partial charge in [-0.25, -0.2) is 0 Å². The summed E-state index contributed by atoms with van der Waals surface area (Å²) in [6.07, 6.45) is 0. The minimum atomic E-state index is -0.417. The van der Waals surface area contributed by atoms with Gasteiger partial charge in [0.1, 0.15) is 6.61 Å². The Bertz CT molecular complexity index is 479. The molecule has 0 spiro atoms. The van der Waals surface area contributed by atoms with Crippen molar-refractivity contribution >= 4 is 17.2 Å². The van der Waals surface area contributed by atoms with Crippen molar-refractivity contribution < 1.29 is 9.53 Å². The molecule has 1 aromatic heterocycles. The fraction of sp³-hybridized carbons (Fsp3) is 0.0833. The Morgan fingerprint density at radius 1 is 1.19 bits per heavy atom. The predicted molar refractivity (Wildman–Crippen MR) is 63.6 cm³/mol. The number of hydrogen-bond acceptors (Lipinski definition) is 3. The van der Waals surface area contributed by atoms with Crippen LogP contribution in [0.1, 0.15) is 15.2 Å². The topological polar surface area (TPSA) is 52.3 Å². The summed E-state index contributed by atoms with van der Waals surface area (Å²) >= 11 is 1.26. The summed E-state index contributed by atoms with van der Waals surface area (Å²) in [6, 6.07) is 13.3. The van der Waals surface area contributed by atoms with Gasteiger partial charge in [0.2, 0.25) is 0 Å². The fourth-order valence-electron chi connectivity index (χ4n) is 1.26. The Kier molecular flexibility index (Phi) is 3.22. The summed E-state index contributed by atoms with van der Waals surface area (Å²) in [5.74, 6) is -0.417. The molecule has 1 aromatic carbocycles. The van der Waals surface area contributed by atoms with Gasteiger partial charge in [-0.1, -0.05) is 41.7 Å². The molecule has 0 fully saturated rings. The van der Waals surface area contributed by atoms with Crippen LogP contribution in [-0.4, -0.2) is 5.91 Å². The Morgan fingerprint density at radius 3 is 2.56 bits per heavy atom. The van der Waals surface area contributed by atoms with Gasteiger partial charge in [0.25, 0.3) is 5.91 Å². The third kappa shape index (κ3) is 2.61. The highest BCUT2D eigenvalue weighted by Gasteiger charge is 2.05. The van der Waals surface area contributed by atoms with E-state index in [1.807, 2.05) is 30.3 Å². The molecule has 0 saturated heterocycles. The average molecular weight is 233 g/mol. The van der Waals surface area contributed by atoms with Gasteiger partial charge in [0.05, 0.1) is 4.88 Å². The minimum Gasteiger partial charge on any atom is -0.479 e. The lowest BCUT2D eigenvalue weighted by Gasteiger charge is -2.02. The summed E-state index contributed by atoms with van der Waals surface area (Å²) in [7, 11) is 0. The van der Waals surface area contributed by atoms with E-state index in [0.717, 1.165) is 5.56 Å². The number of carbonyl (C=O) groups is 1. The van der Waals surface area contributed by atoms with Crippen molar-refractivity contribution in [2.45, 2.75) is 6.61 Å². The van der Waals surface area contributed by atoms with Crippen molar-refractivity contribution in [3.05, 3.63) is 52.9 Å². The zero-order chi connectivity index (χ0) is 11.4. The van der Waals surface area contributed by atoms with Crippen LogP contribution in [0.2, 0.25) is 0 Å². The van der Waals surface area contributed by atoms with E-state index in [1.165, 1.54) is 11.3 Å². The number of ether oxygens (including phenoxy) is 1. The molecule has 3 nitrogen and oxygen atoms in total. The van der Waals surface area contributed by atoms with Gasteiger partial charge < -0.3 is 10.5 Å². The number of rotatable bonds is 4. The van der Waals surface area contributed by atoms with Gasteiger partial charge >= 0.3 is 0 Å². The first-order valence-electron chi connectivity index (χ1n) is 4.82. The Hall–Kier alpha value is -1.81. The second-order valence-electron chi connectivity index (χ2n) is 3.26. The van der Waals surface area contributed by atoms with Gasteiger partial charge in [-0.2, -0.15) is 0 Å². The van der Waals surface area contributed by atoms with Crippen LogP contribution >= 0.6 is 11.3 Å².